The van der Waals surface area contributed by atoms with Crippen molar-refractivity contribution in [3.8, 4) is 17.1 Å². The molecule has 0 aliphatic carbocycles. The Morgan fingerprint density at radius 2 is 2.00 bits per heavy atom. The molecule has 1 atom stereocenters. The molecule has 1 aromatic heterocycles. The van der Waals surface area contributed by atoms with Crippen LogP contribution in [0.3, 0.4) is 0 Å². The van der Waals surface area contributed by atoms with Gasteiger partial charge in [-0.2, -0.15) is 0 Å². The number of hydrogen-bond donors (Lipinski definition) is 1. The van der Waals surface area contributed by atoms with Gasteiger partial charge in [0.05, 0.1) is 23.6 Å². The highest BCUT2D eigenvalue weighted by Crippen LogP contribution is 2.26. The number of hydrogen-bond acceptors (Lipinski definition) is 5. The fourth-order valence-electron chi connectivity index (χ4n) is 3.46. The van der Waals surface area contributed by atoms with Crippen molar-refractivity contribution in [2.45, 2.75) is 38.2 Å². The summed E-state index contributed by atoms with van der Waals surface area (Å²) in [5, 5.41) is 2.88. The normalized spacial score (nSPS) is 16.1. The molecule has 0 saturated carbocycles. The number of aromatic nitrogens is 1. The minimum absolute atomic E-state index is 0.0891. The fraction of sp³-hybridized carbons (Fsp3) is 0.333. The van der Waals surface area contributed by atoms with Crippen LogP contribution in [0.5, 0.6) is 5.75 Å². The van der Waals surface area contributed by atoms with Crippen molar-refractivity contribution in [3.05, 3.63) is 66.4 Å². The van der Waals surface area contributed by atoms with E-state index in [2.05, 4.69) is 10.3 Å². The van der Waals surface area contributed by atoms with E-state index in [4.69, 9.17) is 13.9 Å². The maximum absolute atomic E-state index is 13.9. The van der Waals surface area contributed by atoms with Gasteiger partial charge in [-0.05, 0) is 43.5 Å². The third-order valence-corrected chi connectivity index (χ3v) is 5.12. The summed E-state index contributed by atoms with van der Waals surface area (Å²) >= 11 is 0. The van der Waals surface area contributed by atoms with Crippen LogP contribution in [-0.2, 0) is 16.0 Å². The number of aryl methyl sites for hydroxylation is 1. The van der Waals surface area contributed by atoms with Crippen LogP contribution in [0, 0.1) is 5.82 Å². The molecule has 3 aromatic rings. The van der Waals surface area contributed by atoms with Crippen molar-refractivity contribution in [1.82, 2.24) is 4.98 Å². The highest BCUT2D eigenvalue weighted by molar-refractivity contribution is 5.92. The Morgan fingerprint density at radius 1 is 1.16 bits per heavy atom. The Hall–Kier alpha value is -3.19. The van der Waals surface area contributed by atoms with Gasteiger partial charge in [-0.1, -0.05) is 24.3 Å². The number of anilines is 1. The average molecular weight is 424 g/mol. The summed E-state index contributed by atoms with van der Waals surface area (Å²) in [4.78, 5) is 16.6. The number of nitrogens with one attached hydrogen (secondary N) is 1. The molecule has 0 radical (unpaired) electrons. The first-order valence-electron chi connectivity index (χ1n) is 10.5. The minimum atomic E-state index is -0.377. The number of ether oxygens (including phenoxy) is 2. The number of carbonyl (C=O) groups excluding carboxylic acids is 1. The van der Waals surface area contributed by atoms with Crippen LogP contribution >= 0.6 is 0 Å². The quantitative estimate of drug-likeness (QED) is 0.551. The standard InChI is InChI=1S/C24H25FN2O4/c25-19-9-2-1-8-18(19)22-15-26-24(31-22)13-12-23(28)27-20-10-3-4-11-21(20)30-16-17-7-5-6-14-29-17/h1-4,8-11,15,17H,5-7,12-14,16H2,(H,27,28). The largest absolute Gasteiger partial charge is 0.489 e. The Morgan fingerprint density at radius 3 is 2.84 bits per heavy atom. The Balaban J connectivity index is 1.31. The lowest BCUT2D eigenvalue weighted by molar-refractivity contribution is -0.116. The van der Waals surface area contributed by atoms with Crippen LogP contribution in [0.25, 0.3) is 11.3 Å². The molecule has 1 saturated heterocycles. The van der Waals surface area contributed by atoms with Gasteiger partial charge in [0, 0.05) is 19.4 Å². The first kappa shape index (κ1) is 21.1. The topological polar surface area (TPSA) is 73.6 Å². The summed E-state index contributed by atoms with van der Waals surface area (Å²) in [6.45, 7) is 1.23. The van der Waals surface area contributed by atoms with Crippen molar-refractivity contribution < 1.29 is 23.1 Å². The van der Waals surface area contributed by atoms with Gasteiger partial charge in [0.2, 0.25) is 5.91 Å². The molecular weight excluding hydrogens is 399 g/mol. The zero-order chi connectivity index (χ0) is 21.5. The van der Waals surface area contributed by atoms with Gasteiger partial charge >= 0.3 is 0 Å². The summed E-state index contributed by atoms with van der Waals surface area (Å²) in [6, 6.07) is 13.7. The zero-order valence-electron chi connectivity index (χ0n) is 17.2. The van der Waals surface area contributed by atoms with E-state index in [-0.39, 0.29) is 24.2 Å². The summed E-state index contributed by atoms with van der Waals surface area (Å²) in [5.74, 6) is 0.779. The third-order valence-electron chi connectivity index (χ3n) is 5.12. The maximum Gasteiger partial charge on any atom is 0.224 e. The van der Waals surface area contributed by atoms with E-state index in [0.29, 0.717) is 41.7 Å². The first-order valence-corrected chi connectivity index (χ1v) is 10.5. The van der Waals surface area contributed by atoms with E-state index in [1.165, 1.54) is 12.3 Å². The van der Waals surface area contributed by atoms with E-state index in [9.17, 15) is 9.18 Å². The lowest BCUT2D eigenvalue weighted by Crippen LogP contribution is -2.26. The van der Waals surface area contributed by atoms with Crippen molar-refractivity contribution in [3.63, 3.8) is 0 Å². The molecule has 2 heterocycles. The van der Waals surface area contributed by atoms with E-state index in [1.54, 1.807) is 24.3 Å². The number of amides is 1. The SMILES string of the molecule is O=C(CCc1ncc(-c2ccccc2F)o1)Nc1ccccc1OCC1CCCCO1. The van der Waals surface area contributed by atoms with Crippen LogP contribution in [-0.4, -0.2) is 30.2 Å². The minimum Gasteiger partial charge on any atom is -0.489 e. The number of oxazole rings is 1. The zero-order valence-corrected chi connectivity index (χ0v) is 17.2. The molecule has 4 rings (SSSR count). The number of carbonyl (C=O) groups is 1. The van der Waals surface area contributed by atoms with Crippen molar-refractivity contribution >= 4 is 11.6 Å². The predicted octanol–water partition coefficient (Wildman–Crippen LogP) is 5.00. The van der Waals surface area contributed by atoms with Gasteiger partial charge < -0.3 is 19.2 Å². The molecule has 1 fully saturated rings. The second kappa shape index (κ2) is 10.2. The van der Waals surface area contributed by atoms with Crippen molar-refractivity contribution in [2.24, 2.45) is 0 Å². The maximum atomic E-state index is 13.9. The second-order valence-corrected chi connectivity index (χ2v) is 7.44. The summed E-state index contributed by atoms with van der Waals surface area (Å²) in [6.07, 6.45) is 5.27. The molecule has 2 aromatic carbocycles. The van der Waals surface area contributed by atoms with Crippen LogP contribution in [0.1, 0.15) is 31.6 Å². The molecule has 1 aliphatic rings. The van der Waals surface area contributed by atoms with Crippen LogP contribution < -0.4 is 10.1 Å². The van der Waals surface area contributed by atoms with E-state index in [0.717, 1.165) is 25.9 Å². The van der Waals surface area contributed by atoms with E-state index >= 15 is 0 Å². The van der Waals surface area contributed by atoms with Crippen LogP contribution in [0.15, 0.2) is 59.1 Å². The molecule has 1 amide bonds. The second-order valence-electron chi connectivity index (χ2n) is 7.44. The third kappa shape index (κ3) is 5.70. The molecule has 7 heteroatoms. The summed E-state index contributed by atoms with van der Waals surface area (Å²) in [7, 11) is 0. The first-order chi connectivity index (χ1) is 15.2. The molecule has 6 nitrogen and oxygen atoms in total. The molecule has 162 valence electrons. The molecule has 31 heavy (non-hydrogen) atoms. The van der Waals surface area contributed by atoms with Gasteiger partial charge in [-0.3, -0.25) is 4.79 Å². The summed E-state index contributed by atoms with van der Waals surface area (Å²) in [5.41, 5.74) is 0.960. The van der Waals surface area contributed by atoms with Gasteiger partial charge in [0.1, 0.15) is 18.2 Å². The Bertz CT molecular complexity index is 1010. The van der Waals surface area contributed by atoms with Gasteiger partial charge in [0.25, 0.3) is 0 Å². The van der Waals surface area contributed by atoms with Crippen molar-refractivity contribution in [1.29, 1.82) is 0 Å². The predicted molar refractivity (Wildman–Crippen MR) is 114 cm³/mol. The smallest absolute Gasteiger partial charge is 0.224 e. The van der Waals surface area contributed by atoms with E-state index < -0.39 is 0 Å². The van der Waals surface area contributed by atoms with Gasteiger partial charge in [-0.25, -0.2) is 9.37 Å². The average Bonchev–Trinajstić information content (AvgIpc) is 3.27. The van der Waals surface area contributed by atoms with Crippen LogP contribution in [0.4, 0.5) is 10.1 Å². The highest BCUT2D eigenvalue weighted by atomic mass is 19.1. The molecule has 0 spiro atoms. The van der Waals surface area contributed by atoms with Gasteiger partial charge in [-0.15, -0.1) is 0 Å². The van der Waals surface area contributed by atoms with Gasteiger partial charge in [0.15, 0.2) is 11.7 Å². The number of benzene rings is 2. The fourth-order valence-corrected chi connectivity index (χ4v) is 3.46. The Kier molecular flexibility index (Phi) is 6.94. The lowest BCUT2D eigenvalue weighted by Gasteiger charge is -2.23. The number of nitrogens with zero attached hydrogens (tertiary/aromatic N) is 1. The Labute approximate surface area is 180 Å². The summed E-state index contributed by atoms with van der Waals surface area (Å²) < 4.78 is 31.1. The highest BCUT2D eigenvalue weighted by Gasteiger charge is 2.16. The molecule has 1 N–H and O–H groups in total. The number of halogens is 1. The number of para-hydroxylation sites is 2. The van der Waals surface area contributed by atoms with Crippen LogP contribution in [0.2, 0.25) is 0 Å². The monoisotopic (exact) mass is 424 g/mol. The lowest BCUT2D eigenvalue weighted by atomic mass is 10.1. The molecular formula is C24H25FN2O4. The van der Waals surface area contributed by atoms with Crippen molar-refractivity contribution in [2.75, 3.05) is 18.5 Å². The van der Waals surface area contributed by atoms with E-state index in [1.807, 2.05) is 18.2 Å². The molecule has 1 unspecified atom stereocenters. The molecule has 0 bridgehead atoms. The number of rotatable bonds is 8. The molecule has 1 aliphatic heterocycles.